The SMILES string of the molecule is CC(N)c1nccnc1-c1ccc(C(=O)N2CCOCC2)cn1. The largest absolute Gasteiger partial charge is 0.378 e. The summed E-state index contributed by atoms with van der Waals surface area (Å²) in [7, 11) is 0. The van der Waals surface area contributed by atoms with E-state index >= 15 is 0 Å². The van der Waals surface area contributed by atoms with Crippen molar-refractivity contribution in [1.29, 1.82) is 0 Å². The second kappa shape index (κ2) is 6.80. The van der Waals surface area contributed by atoms with E-state index in [0.717, 1.165) is 0 Å². The molecule has 7 heteroatoms. The van der Waals surface area contributed by atoms with Gasteiger partial charge in [-0.15, -0.1) is 0 Å². The number of hydrogen-bond acceptors (Lipinski definition) is 6. The van der Waals surface area contributed by atoms with Gasteiger partial charge in [0.2, 0.25) is 0 Å². The van der Waals surface area contributed by atoms with E-state index in [2.05, 4.69) is 15.0 Å². The summed E-state index contributed by atoms with van der Waals surface area (Å²) in [6, 6.07) is 3.30. The number of nitrogens with zero attached hydrogens (tertiary/aromatic N) is 4. The topological polar surface area (TPSA) is 94.2 Å². The van der Waals surface area contributed by atoms with E-state index in [1.54, 1.807) is 35.6 Å². The fourth-order valence-corrected chi connectivity index (χ4v) is 2.49. The lowest BCUT2D eigenvalue weighted by atomic mass is 10.1. The number of amides is 1. The van der Waals surface area contributed by atoms with Crippen LogP contribution in [-0.2, 0) is 4.74 Å². The molecule has 1 saturated heterocycles. The average Bonchev–Trinajstić information content (AvgIpc) is 2.62. The maximum absolute atomic E-state index is 12.4. The zero-order valence-corrected chi connectivity index (χ0v) is 13.0. The number of ether oxygens (including phenoxy) is 1. The van der Waals surface area contributed by atoms with Gasteiger partial charge in [-0.1, -0.05) is 0 Å². The first-order valence-electron chi connectivity index (χ1n) is 7.57. The van der Waals surface area contributed by atoms with E-state index in [9.17, 15) is 4.79 Å². The number of hydrogen-bond donors (Lipinski definition) is 1. The Morgan fingerprint density at radius 2 is 1.96 bits per heavy atom. The van der Waals surface area contributed by atoms with Crippen LogP contribution in [0.1, 0.15) is 29.0 Å². The van der Waals surface area contributed by atoms with Gasteiger partial charge in [-0.05, 0) is 19.1 Å². The van der Waals surface area contributed by atoms with Gasteiger partial charge in [0, 0.05) is 37.7 Å². The fraction of sp³-hybridized carbons (Fsp3) is 0.375. The molecule has 1 amide bonds. The first-order chi connectivity index (χ1) is 11.2. The van der Waals surface area contributed by atoms with Crippen LogP contribution in [0.25, 0.3) is 11.4 Å². The van der Waals surface area contributed by atoms with Crippen LogP contribution < -0.4 is 5.73 Å². The summed E-state index contributed by atoms with van der Waals surface area (Å²) >= 11 is 0. The molecule has 0 saturated carbocycles. The van der Waals surface area contributed by atoms with E-state index < -0.39 is 0 Å². The second-order valence-corrected chi connectivity index (χ2v) is 5.42. The van der Waals surface area contributed by atoms with Crippen molar-refractivity contribution in [3.8, 4) is 11.4 Å². The van der Waals surface area contributed by atoms with Crippen LogP contribution in [0.15, 0.2) is 30.7 Å². The molecule has 0 spiro atoms. The Balaban J connectivity index is 1.84. The van der Waals surface area contributed by atoms with E-state index in [1.165, 1.54) is 0 Å². The number of aromatic nitrogens is 3. The Hall–Kier alpha value is -2.38. The Bertz CT molecular complexity index is 681. The number of pyridine rings is 1. The average molecular weight is 313 g/mol. The highest BCUT2D eigenvalue weighted by atomic mass is 16.5. The highest BCUT2D eigenvalue weighted by Crippen LogP contribution is 2.21. The summed E-state index contributed by atoms with van der Waals surface area (Å²) in [5.41, 5.74) is 8.47. The number of carbonyl (C=O) groups excluding carboxylic acids is 1. The van der Waals surface area contributed by atoms with Gasteiger partial charge >= 0.3 is 0 Å². The molecule has 2 aromatic rings. The van der Waals surface area contributed by atoms with Crippen molar-refractivity contribution in [3.63, 3.8) is 0 Å². The van der Waals surface area contributed by atoms with Crippen LogP contribution >= 0.6 is 0 Å². The monoisotopic (exact) mass is 313 g/mol. The smallest absolute Gasteiger partial charge is 0.255 e. The van der Waals surface area contributed by atoms with Crippen molar-refractivity contribution >= 4 is 5.91 Å². The quantitative estimate of drug-likeness (QED) is 0.909. The number of morpholine rings is 1. The van der Waals surface area contributed by atoms with E-state index in [0.29, 0.717) is 48.9 Å². The first-order valence-corrected chi connectivity index (χ1v) is 7.57. The maximum atomic E-state index is 12.4. The minimum Gasteiger partial charge on any atom is -0.378 e. The van der Waals surface area contributed by atoms with Crippen molar-refractivity contribution < 1.29 is 9.53 Å². The Labute approximate surface area is 134 Å². The summed E-state index contributed by atoms with van der Waals surface area (Å²) < 4.78 is 5.26. The Morgan fingerprint density at radius 1 is 1.22 bits per heavy atom. The van der Waals surface area contributed by atoms with Gasteiger partial charge in [0.1, 0.15) is 5.69 Å². The first kappa shape index (κ1) is 15.5. The summed E-state index contributed by atoms with van der Waals surface area (Å²) in [6.45, 7) is 4.23. The molecule has 1 atom stereocenters. The Morgan fingerprint density at radius 3 is 2.61 bits per heavy atom. The van der Waals surface area contributed by atoms with Crippen LogP contribution in [0.3, 0.4) is 0 Å². The standard InChI is InChI=1S/C16H19N5O2/c1-11(17)14-15(19-5-4-18-14)13-3-2-12(10-20-13)16(22)21-6-8-23-9-7-21/h2-5,10-11H,6-9,17H2,1H3. The van der Waals surface area contributed by atoms with Crippen LogP contribution in [0.5, 0.6) is 0 Å². The van der Waals surface area contributed by atoms with Gasteiger partial charge in [0.05, 0.1) is 30.2 Å². The van der Waals surface area contributed by atoms with Crippen molar-refractivity contribution in [1.82, 2.24) is 19.9 Å². The number of carbonyl (C=O) groups is 1. The highest BCUT2D eigenvalue weighted by Gasteiger charge is 2.19. The number of nitrogens with two attached hydrogens (primary N) is 1. The summed E-state index contributed by atoms with van der Waals surface area (Å²) in [4.78, 5) is 27.1. The highest BCUT2D eigenvalue weighted by molar-refractivity contribution is 5.94. The molecule has 3 rings (SSSR count). The van der Waals surface area contributed by atoms with Gasteiger partial charge in [-0.3, -0.25) is 19.7 Å². The molecule has 7 nitrogen and oxygen atoms in total. The van der Waals surface area contributed by atoms with Gasteiger partial charge in [0.25, 0.3) is 5.91 Å². The molecule has 1 unspecified atom stereocenters. The molecule has 0 bridgehead atoms. The number of rotatable bonds is 3. The lowest BCUT2D eigenvalue weighted by Gasteiger charge is -2.26. The van der Waals surface area contributed by atoms with Gasteiger partial charge in [-0.2, -0.15) is 0 Å². The van der Waals surface area contributed by atoms with E-state index in [4.69, 9.17) is 10.5 Å². The van der Waals surface area contributed by atoms with E-state index in [-0.39, 0.29) is 11.9 Å². The third kappa shape index (κ3) is 3.35. The summed E-state index contributed by atoms with van der Waals surface area (Å²) in [6.07, 6.45) is 4.79. The van der Waals surface area contributed by atoms with Crippen LogP contribution in [0.4, 0.5) is 0 Å². The van der Waals surface area contributed by atoms with Crippen LogP contribution in [0, 0.1) is 0 Å². The third-order valence-corrected chi connectivity index (χ3v) is 3.71. The molecule has 3 heterocycles. The third-order valence-electron chi connectivity index (χ3n) is 3.71. The van der Waals surface area contributed by atoms with E-state index in [1.807, 2.05) is 6.92 Å². The molecule has 1 fully saturated rings. The minimum absolute atomic E-state index is 0.0288. The summed E-state index contributed by atoms with van der Waals surface area (Å²) in [5.74, 6) is -0.0288. The normalized spacial score (nSPS) is 16.2. The lowest BCUT2D eigenvalue weighted by molar-refractivity contribution is 0.0302. The van der Waals surface area contributed by atoms with Crippen molar-refractivity contribution in [2.75, 3.05) is 26.3 Å². The predicted octanol–water partition coefficient (Wildman–Crippen LogP) is 1.03. The zero-order valence-electron chi connectivity index (χ0n) is 13.0. The molecule has 1 aliphatic heterocycles. The predicted molar refractivity (Wildman–Crippen MR) is 84.6 cm³/mol. The molecular weight excluding hydrogens is 294 g/mol. The summed E-state index contributed by atoms with van der Waals surface area (Å²) in [5, 5.41) is 0. The van der Waals surface area contributed by atoms with Crippen molar-refractivity contribution in [2.24, 2.45) is 5.73 Å². The molecule has 2 aromatic heterocycles. The van der Waals surface area contributed by atoms with Gasteiger partial charge in [-0.25, -0.2) is 0 Å². The zero-order chi connectivity index (χ0) is 16.2. The minimum atomic E-state index is -0.241. The molecule has 2 N–H and O–H groups in total. The Kier molecular flexibility index (Phi) is 4.59. The molecule has 0 aliphatic carbocycles. The lowest BCUT2D eigenvalue weighted by Crippen LogP contribution is -2.40. The second-order valence-electron chi connectivity index (χ2n) is 5.42. The van der Waals surface area contributed by atoms with Crippen LogP contribution in [0.2, 0.25) is 0 Å². The van der Waals surface area contributed by atoms with Gasteiger partial charge < -0.3 is 15.4 Å². The molecular formula is C16H19N5O2. The molecule has 0 radical (unpaired) electrons. The molecule has 1 aliphatic rings. The van der Waals surface area contributed by atoms with Crippen molar-refractivity contribution in [3.05, 3.63) is 42.0 Å². The molecule has 0 aromatic carbocycles. The molecule has 23 heavy (non-hydrogen) atoms. The van der Waals surface area contributed by atoms with Crippen LogP contribution in [-0.4, -0.2) is 52.1 Å². The molecule has 120 valence electrons. The van der Waals surface area contributed by atoms with Crippen molar-refractivity contribution in [2.45, 2.75) is 13.0 Å². The maximum Gasteiger partial charge on any atom is 0.255 e. The fourth-order valence-electron chi connectivity index (χ4n) is 2.49. The van der Waals surface area contributed by atoms with Gasteiger partial charge in [0.15, 0.2) is 0 Å².